The van der Waals surface area contributed by atoms with E-state index in [1.54, 1.807) is 0 Å². The molecule has 1 aliphatic heterocycles. The molecular weight excluding hydrogens is 360 g/mol. The number of sulfonamides is 1. The molecule has 0 unspecified atom stereocenters. The van der Waals surface area contributed by atoms with E-state index in [-0.39, 0.29) is 0 Å². The lowest BCUT2D eigenvalue weighted by molar-refractivity contribution is 0.340. The van der Waals surface area contributed by atoms with Gasteiger partial charge in [0.1, 0.15) is 5.75 Å². The van der Waals surface area contributed by atoms with E-state index in [0.717, 1.165) is 37.1 Å². The summed E-state index contributed by atoms with van der Waals surface area (Å²) in [5.74, 6) is 6.68. The van der Waals surface area contributed by atoms with Gasteiger partial charge in [0.25, 0.3) is 0 Å². The minimum Gasteiger partial charge on any atom is -0.494 e. The lowest BCUT2D eigenvalue weighted by Gasteiger charge is -2.34. The average Bonchev–Trinajstić information content (AvgIpc) is 2.68. The highest BCUT2D eigenvalue weighted by atomic mass is 32.2. The standard InChI is InChI=1S/C21H30N2O3S/c1-3-5-6-7-8-9-10-19-27(24,25)23-17-15-22(16-18-23)20-11-13-21(14-12-20)26-4-2/h10-14,19H,3-7,15-18H2,1-2H3. The number of ether oxygens (including phenoxy) is 1. The van der Waals surface area contributed by atoms with E-state index in [4.69, 9.17) is 4.74 Å². The van der Waals surface area contributed by atoms with Crippen LogP contribution in [0.3, 0.4) is 0 Å². The average molecular weight is 391 g/mol. The maximum Gasteiger partial charge on any atom is 0.236 e. The molecule has 0 aliphatic carbocycles. The van der Waals surface area contributed by atoms with Gasteiger partial charge in [0, 0.05) is 44.4 Å². The van der Waals surface area contributed by atoms with Crippen molar-refractivity contribution in [2.75, 3.05) is 37.7 Å². The Morgan fingerprint density at radius 1 is 1.07 bits per heavy atom. The Morgan fingerprint density at radius 2 is 1.78 bits per heavy atom. The van der Waals surface area contributed by atoms with Crippen LogP contribution in [0.5, 0.6) is 5.75 Å². The molecule has 0 radical (unpaired) electrons. The lowest BCUT2D eigenvalue weighted by atomic mass is 10.2. The predicted molar refractivity (Wildman–Crippen MR) is 111 cm³/mol. The van der Waals surface area contributed by atoms with Crippen molar-refractivity contribution in [3.8, 4) is 17.6 Å². The molecular formula is C21H30N2O3S. The van der Waals surface area contributed by atoms with Gasteiger partial charge in [0.2, 0.25) is 10.0 Å². The second kappa shape index (κ2) is 11.0. The van der Waals surface area contributed by atoms with Crippen molar-refractivity contribution < 1.29 is 13.2 Å². The number of benzene rings is 1. The number of unbranched alkanes of at least 4 members (excludes halogenated alkanes) is 3. The fraction of sp³-hybridized carbons (Fsp3) is 0.524. The van der Waals surface area contributed by atoms with Gasteiger partial charge in [0.15, 0.2) is 0 Å². The molecule has 1 fully saturated rings. The zero-order chi connectivity index (χ0) is 19.5. The van der Waals surface area contributed by atoms with Gasteiger partial charge in [-0.05, 0) is 37.6 Å². The third-order valence-corrected chi connectivity index (χ3v) is 6.01. The van der Waals surface area contributed by atoms with Crippen LogP contribution in [-0.2, 0) is 10.0 Å². The van der Waals surface area contributed by atoms with Crippen LogP contribution in [0.4, 0.5) is 5.69 Å². The zero-order valence-electron chi connectivity index (χ0n) is 16.4. The molecule has 0 spiro atoms. The van der Waals surface area contributed by atoms with Crippen LogP contribution >= 0.6 is 0 Å². The lowest BCUT2D eigenvalue weighted by Crippen LogP contribution is -2.48. The number of hydrogen-bond acceptors (Lipinski definition) is 4. The van der Waals surface area contributed by atoms with Gasteiger partial charge >= 0.3 is 0 Å². The van der Waals surface area contributed by atoms with E-state index in [9.17, 15) is 8.42 Å². The molecule has 27 heavy (non-hydrogen) atoms. The van der Waals surface area contributed by atoms with Crippen LogP contribution in [0.1, 0.15) is 39.5 Å². The first kappa shape index (κ1) is 21.3. The minimum absolute atomic E-state index is 0.476. The number of allylic oxidation sites excluding steroid dienone is 1. The molecule has 0 amide bonds. The SMILES string of the molecule is CCCCCC#CC=CS(=O)(=O)N1CCN(c2ccc(OCC)cc2)CC1. The van der Waals surface area contributed by atoms with Gasteiger partial charge in [-0.15, -0.1) is 0 Å². The Balaban J connectivity index is 1.84. The molecule has 0 N–H and O–H groups in total. The molecule has 1 aromatic carbocycles. The number of nitrogens with zero attached hydrogens (tertiary/aromatic N) is 2. The minimum atomic E-state index is -3.40. The summed E-state index contributed by atoms with van der Waals surface area (Å²) in [7, 11) is -3.40. The van der Waals surface area contributed by atoms with E-state index in [1.807, 2.05) is 31.2 Å². The smallest absolute Gasteiger partial charge is 0.236 e. The van der Waals surface area contributed by atoms with Gasteiger partial charge < -0.3 is 9.64 Å². The molecule has 0 atom stereocenters. The van der Waals surface area contributed by atoms with Crippen molar-refractivity contribution >= 4 is 15.7 Å². The largest absolute Gasteiger partial charge is 0.494 e. The van der Waals surface area contributed by atoms with Crippen molar-refractivity contribution in [3.05, 3.63) is 35.7 Å². The van der Waals surface area contributed by atoms with Gasteiger partial charge in [-0.25, -0.2) is 8.42 Å². The monoisotopic (exact) mass is 390 g/mol. The third kappa shape index (κ3) is 6.93. The van der Waals surface area contributed by atoms with Crippen LogP contribution in [0.2, 0.25) is 0 Å². The Morgan fingerprint density at radius 3 is 2.41 bits per heavy atom. The van der Waals surface area contributed by atoms with E-state index in [2.05, 4.69) is 23.7 Å². The van der Waals surface area contributed by atoms with Crippen LogP contribution in [-0.4, -0.2) is 45.5 Å². The molecule has 0 bridgehead atoms. The highest BCUT2D eigenvalue weighted by Crippen LogP contribution is 2.21. The normalized spacial score (nSPS) is 15.6. The summed E-state index contributed by atoms with van der Waals surface area (Å²) in [6, 6.07) is 7.93. The first-order chi connectivity index (χ1) is 13.1. The number of piperazine rings is 1. The van der Waals surface area contributed by atoms with E-state index < -0.39 is 10.0 Å². The molecule has 5 nitrogen and oxygen atoms in total. The van der Waals surface area contributed by atoms with Gasteiger partial charge in [-0.1, -0.05) is 31.6 Å². The molecule has 0 aromatic heterocycles. The van der Waals surface area contributed by atoms with Crippen molar-refractivity contribution in [2.24, 2.45) is 0 Å². The topological polar surface area (TPSA) is 49.9 Å². The summed E-state index contributed by atoms with van der Waals surface area (Å²) in [5, 5.41) is 1.23. The summed E-state index contributed by atoms with van der Waals surface area (Å²) in [6.45, 7) is 7.04. The van der Waals surface area contributed by atoms with Gasteiger partial charge in [-0.3, -0.25) is 0 Å². The van der Waals surface area contributed by atoms with E-state index in [0.29, 0.717) is 32.8 Å². The van der Waals surface area contributed by atoms with Crippen molar-refractivity contribution in [1.82, 2.24) is 4.31 Å². The van der Waals surface area contributed by atoms with Gasteiger partial charge in [0.05, 0.1) is 12.0 Å². The number of hydrogen-bond donors (Lipinski definition) is 0. The van der Waals surface area contributed by atoms with E-state index >= 15 is 0 Å². The first-order valence-corrected chi connectivity index (χ1v) is 11.2. The van der Waals surface area contributed by atoms with Crippen LogP contribution < -0.4 is 9.64 Å². The molecule has 0 saturated carbocycles. The summed E-state index contributed by atoms with van der Waals surface area (Å²) < 4.78 is 31.8. The predicted octanol–water partition coefficient (Wildman–Crippen LogP) is 3.63. The maximum atomic E-state index is 12.4. The van der Waals surface area contributed by atoms with Crippen molar-refractivity contribution in [3.63, 3.8) is 0 Å². The van der Waals surface area contributed by atoms with Crippen LogP contribution in [0, 0.1) is 11.8 Å². The second-order valence-electron chi connectivity index (χ2n) is 6.44. The first-order valence-electron chi connectivity index (χ1n) is 9.69. The summed E-state index contributed by atoms with van der Waals surface area (Å²) in [5.41, 5.74) is 1.09. The van der Waals surface area contributed by atoms with Crippen molar-refractivity contribution in [1.29, 1.82) is 0 Å². The molecule has 1 saturated heterocycles. The summed E-state index contributed by atoms with van der Waals surface area (Å²) >= 11 is 0. The fourth-order valence-electron chi connectivity index (χ4n) is 2.92. The molecule has 1 heterocycles. The third-order valence-electron chi connectivity index (χ3n) is 4.44. The molecule has 2 rings (SSSR count). The molecule has 1 aliphatic rings. The molecule has 6 heteroatoms. The highest BCUT2D eigenvalue weighted by Gasteiger charge is 2.25. The maximum absolute atomic E-state index is 12.4. The number of anilines is 1. The molecule has 1 aromatic rings. The van der Waals surface area contributed by atoms with E-state index in [1.165, 1.54) is 15.8 Å². The van der Waals surface area contributed by atoms with Crippen LogP contribution in [0.15, 0.2) is 35.7 Å². The van der Waals surface area contributed by atoms with Crippen molar-refractivity contribution in [2.45, 2.75) is 39.5 Å². The Labute approximate surface area is 164 Å². The summed E-state index contributed by atoms with van der Waals surface area (Å²) in [4.78, 5) is 2.19. The van der Waals surface area contributed by atoms with Crippen LogP contribution in [0.25, 0.3) is 0 Å². The highest BCUT2D eigenvalue weighted by molar-refractivity contribution is 7.92. The van der Waals surface area contributed by atoms with Gasteiger partial charge in [-0.2, -0.15) is 4.31 Å². The summed E-state index contributed by atoms with van der Waals surface area (Å²) in [6.07, 6.45) is 5.67. The quantitative estimate of drug-likeness (QED) is 0.502. The number of rotatable bonds is 8. The fourth-order valence-corrected chi connectivity index (χ4v) is 4.01. The molecule has 148 valence electrons. The Kier molecular flexibility index (Phi) is 8.70. The Bertz CT molecular complexity index is 753. The second-order valence-corrected chi connectivity index (χ2v) is 8.26. The zero-order valence-corrected chi connectivity index (χ0v) is 17.2. The Hall–Kier alpha value is -1.97.